The number of carboxylic acids is 1. The lowest BCUT2D eigenvalue weighted by Crippen LogP contribution is -2.75. The van der Waals surface area contributed by atoms with Gasteiger partial charge in [-0.25, -0.2) is 4.79 Å². The van der Waals surface area contributed by atoms with Gasteiger partial charge in [0.25, 0.3) is 0 Å². The minimum atomic E-state index is -1.57. The van der Waals surface area contributed by atoms with E-state index in [2.05, 4.69) is 15.9 Å². The number of carboxylic acid groups (broad SMARTS) is 1. The molecule has 0 spiro atoms. The third-order valence-corrected chi connectivity index (χ3v) is 8.06. The fourth-order valence-electron chi connectivity index (χ4n) is 3.05. The zero-order valence-electron chi connectivity index (χ0n) is 12.2. The molecule has 0 bridgehead atoms. The van der Waals surface area contributed by atoms with Crippen molar-refractivity contribution in [3.63, 3.8) is 0 Å². The van der Waals surface area contributed by atoms with Crippen LogP contribution in [0.2, 0.25) is 0 Å². The average molecular weight is 420 g/mol. The normalized spacial score (nSPS) is 33.0. The average Bonchev–Trinajstić information content (AvgIpc) is 3.09. The molecule has 0 radical (unpaired) electrons. The van der Waals surface area contributed by atoms with Crippen molar-refractivity contribution in [2.24, 2.45) is 0 Å². The van der Waals surface area contributed by atoms with Crippen molar-refractivity contribution in [2.75, 3.05) is 0 Å². The van der Waals surface area contributed by atoms with Gasteiger partial charge in [0.1, 0.15) is 17.5 Å². The van der Waals surface area contributed by atoms with Gasteiger partial charge in [-0.1, -0.05) is 15.9 Å². The predicted molar refractivity (Wildman–Crippen MR) is 90.0 cm³/mol. The van der Waals surface area contributed by atoms with E-state index >= 15 is 0 Å². The van der Waals surface area contributed by atoms with Crippen LogP contribution in [0.5, 0.6) is 0 Å². The Labute approximate surface area is 149 Å². The maximum Gasteiger partial charge on any atom is 0.327 e. The Hall–Kier alpha value is -0.900. The van der Waals surface area contributed by atoms with Crippen molar-refractivity contribution in [3.8, 4) is 0 Å². The number of Topliss-reactive ketones (excluding diaryl/α,β-unsaturated/α-hetero) is 1. The van der Waals surface area contributed by atoms with Crippen molar-refractivity contribution < 1.29 is 24.6 Å². The lowest BCUT2D eigenvalue weighted by molar-refractivity contribution is -0.163. The fraction of sp³-hybridized carbons (Fsp3) is 0.500. The quantitative estimate of drug-likeness (QED) is 0.436. The number of alkyl halides is 1. The molecule has 1 amide bonds. The molecule has 0 aliphatic carbocycles. The first-order valence-corrected chi connectivity index (χ1v) is 9.40. The van der Waals surface area contributed by atoms with Gasteiger partial charge in [0.2, 0.25) is 5.91 Å². The number of nitrogens with zero attached hydrogens (tertiary/aromatic N) is 1. The summed E-state index contributed by atoms with van der Waals surface area (Å²) in [5, 5.41) is 22.6. The summed E-state index contributed by atoms with van der Waals surface area (Å²) in [6, 6.07) is 0.596. The van der Waals surface area contributed by atoms with Crippen LogP contribution in [0.1, 0.15) is 24.2 Å². The molecule has 1 unspecified atom stereocenters. The molecule has 1 aromatic rings. The van der Waals surface area contributed by atoms with Crippen LogP contribution in [0.3, 0.4) is 0 Å². The summed E-state index contributed by atoms with van der Waals surface area (Å²) in [4.78, 5) is 37.7. The minimum absolute atomic E-state index is 0.338. The molecule has 3 rings (SSSR count). The van der Waals surface area contributed by atoms with Crippen LogP contribution >= 0.6 is 39.0 Å². The molecule has 23 heavy (non-hydrogen) atoms. The van der Waals surface area contributed by atoms with Crippen molar-refractivity contribution in [3.05, 3.63) is 22.4 Å². The third-order valence-electron chi connectivity index (χ3n) is 4.21. The number of thiophene rings is 1. The number of aliphatic hydroxyl groups excluding tert-OH is 1. The van der Waals surface area contributed by atoms with E-state index in [0.29, 0.717) is 5.56 Å². The van der Waals surface area contributed by atoms with Crippen LogP contribution in [0, 0.1) is 0 Å². The highest BCUT2D eigenvalue weighted by Gasteiger charge is 2.73. The number of hydrogen-bond acceptors (Lipinski definition) is 6. The second-order valence-corrected chi connectivity index (χ2v) is 9.90. The molecule has 2 N–H and O–H groups in total. The van der Waals surface area contributed by atoms with Gasteiger partial charge in [-0.15, -0.1) is 11.8 Å². The van der Waals surface area contributed by atoms with Gasteiger partial charge in [0.15, 0.2) is 10.1 Å². The highest BCUT2D eigenvalue weighted by Crippen LogP contribution is 2.59. The van der Waals surface area contributed by atoms with Crippen LogP contribution in [0.4, 0.5) is 0 Å². The van der Waals surface area contributed by atoms with Gasteiger partial charge in [-0.3, -0.25) is 9.59 Å². The number of rotatable bonds is 4. The number of aliphatic carboxylic acids is 1. The van der Waals surface area contributed by atoms with Gasteiger partial charge in [-0.05, 0) is 25.3 Å². The molecule has 124 valence electrons. The van der Waals surface area contributed by atoms with Crippen LogP contribution in [0.25, 0.3) is 0 Å². The first-order chi connectivity index (χ1) is 10.6. The lowest BCUT2D eigenvalue weighted by atomic mass is 9.85. The second-order valence-electron chi connectivity index (χ2n) is 6.07. The lowest BCUT2D eigenvalue weighted by Gasteiger charge is -2.51. The van der Waals surface area contributed by atoms with E-state index in [4.69, 9.17) is 0 Å². The van der Waals surface area contributed by atoms with E-state index in [1.807, 2.05) is 0 Å². The molecule has 3 heterocycles. The number of thioether (sulfide) groups is 1. The van der Waals surface area contributed by atoms with Crippen molar-refractivity contribution in [2.45, 2.75) is 40.4 Å². The van der Waals surface area contributed by atoms with E-state index in [1.54, 1.807) is 30.7 Å². The predicted octanol–water partition coefficient (Wildman–Crippen LogP) is 1.57. The Morgan fingerprint density at radius 2 is 2.09 bits per heavy atom. The van der Waals surface area contributed by atoms with E-state index in [0.717, 1.165) is 0 Å². The second kappa shape index (κ2) is 5.30. The number of carbonyl (C=O) groups is 3. The summed E-state index contributed by atoms with van der Waals surface area (Å²) in [6.45, 7) is 3.48. The Kier molecular flexibility index (Phi) is 3.90. The van der Waals surface area contributed by atoms with Crippen molar-refractivity contribution in [1.82, 2.24) is 4.90 Å². The largest absolute Gasteiger partial charge is 0.480 e. The first kappa shape index (κ1) is 16.9. The molecule has 2 fully saturated rings. The number of halogens is 1. The van der Waals surface area contributed by atoms with Crippen LogP contribution in [-0.2, 0) is 9.59 Å². The van der Waals surface area contributed by atoms with E-state index in [9.17, 15) is 24.6 Å². The zero-order chi connectivity index (χ0) is 17.2. The standard InChI is InChI=1S/C14H14BrNO5S2/c1-13(2)8(10(19)20)16-11(21)14(15,12(16)23-13)9(18)7(17)6-3-4-22-5-6/h3-5,8-9,12,18H,1-2H3,(H,19,20)/t8-,9+,12+,14?/m0/s1. The van der Waals surface area contributed by atoms with Crippen LogP contribution in [-0.4, -0.2) is 59.4 Å². The highest BCUT2D eigenvalue weighted by atomic mass is 79.9. The van der Waals surface area contributed by atoms with E-state index < -0.39 is 44.3 Å². The summed E-state index contributed by atoms with van der Waals surface area (Å²) in [5.41, 5.74) is 0.338. The van der Waals surface area contributed by atoms with E-state index in [1.165, 1.54) is 28.0 Å². The molecule has 2 saturated heterocycles. The Balaban J connectivity index is 1.92. The molecule has 4 atom stereocenters. The molecule has 0 aromatic carbocycles. The maximum atomic E-state index is 12.6. The third kappa shape index (κ3) is 2.20. The molecular formula is C14H14BrNO5S2. The zero-order valence-corrected chi connectivity index (χ0v) is 15.4. The molecule has 2 aliphatic rings. The summed E-state index contributed by atoms with van der Waals surface area (Å²) in [6.07, 6.45) is -1.57. The Bertz CT molecular complexity index is 691. The number of aliphatic hydroxyl groups is 1. The first-order valence-electron chi connectivity index (χ1n) is 6.79. The molecule has 1 aromatic heterocycles. The minimum Gasteiger partial charge on any atom is -0.480 e. The maximum absolute atomic E-state index is 12.6. The summed E-state index contributed by atoms with van der Waals surface area (Å²) in [7, 11) is 0. The smallest absolute Gasteiger partial charge is 0.327 e. The van der Waals surface area contributed by atoms with Crippen LogP contribution in [0.15, 0.2) is 16.8 Å². The van der Waals surface area contributed by atoms with Gasteiger partial charge in [0.05, 0.1) is 0 Å². The van der Waals surface area contributed by atoms with Crippen molar-refractivity contribution in [1.29, 1.82) is 0 Å². The number of β-lactam (4-membered cyclic amide) rings is 1. The number of amides is 1. The Morgan fingerprint density at radius 3 is 2.61 bits per heavy atom. The van der Waals surface area contributed by atoms with Gasteiger partial charge in [0, 0.05) is 15.7 Å². The van der Waals surface area contributed by atoms with Gasteiger partial charge >= 0.3 is 5.97 Å². The molecule has 6 nitrogen and oxygen atoms in total. The summed E-state index contributed by atoms with van der Waals surface area (Å²) in [5.74, 6) is -2.20. The fourth-order valence-corrected chi connectivity index (χ4v) is 6.26. The SMILES string of the molecule is CC1(C)S[C@H]2N(C(=O)C2(Br)[C@H](O)C(=O)c2ccsc2)[C@H]1C(=O)O. The number of ketones is 1. The summed E-state index contributed by atoms with van der Waals surface area (Å²) < 4.78 is -2.20. The monoisotopic (exact) mass is 419 g/mol. The summed E-state index contributed by atoms with van der Waals surface area (Å²) >= 11 is 5.84. The van der Waals surface area contributed by atoms with Crippen LogP contribution < -0.4 is 0 Å². The van der Waals surface area contributed by atoms with Gasteiger partial charge in [-0.2, -0.15) is 11.3 Å². The van der Waals surface area contributed by atoms with Gasteiger partial charge < -0.3 is 15.1 Å². The van der Waals surface area contributed by atoms with Crippen molar-refractivity contribution >= 4 is 56.7 Å². The molecule has 9 heteroatoms. The Morgan fingerprint density at radius 1 is 1.43 bits per heavy atom. The number of carbonyl (C=O) groups excluding carboxylic acids is 2. The topological polar surface area (TPSA) is 94.9 Å². The molecule has 0 saturated carbocycles. The molecular weight excluding hydrogens is 406 g/mol. The van der Waals surface area contributed by atoms with E-state index in [-0.39, 0.29) is 0 Å². The molecule has 2 aliphatic heterocycles. The number of hydrogen-bond donors (Lipinski definition) is 2. The highest BCUT2D eigenvalue weighted by molar-refractivity contribution is 9.10. The number of fused-ring (bicyclic) bond motifs is 1.